The molecule has 0 aliphatic heterocycles. The second-order valence-electron chi connectivity index (χ2n) is 9.30. The molecule has 3 amide bonds. The van der Waals surface area contributed by atoms with Gasteiger partial charge in [-0.3, -0.25) is 9.59 Å². The van der Waals surface area contributed by atoms with Crippen LogP contribution in [0.5, 0.6) is 5.75 Å². The number of hydrogen-bond donors (Lipinski definition) is 5. The van der Waals surface area contributed by atoms with Crippen molar-refractivity contribution >= 4 is 17.9 Å². The van der Waals surface area contributed by atoms with E-state index in [1.54, 1.807) is 24.3 Å². The third-order valence-corrected chi connectivity index (χ3v) is 5.97. The van der Waals surface area contributed by atoms with Gasteiger partial charge in [0.05, 0.1) is 6.04 Å². The average Bonchev–Trinajstić information content (AvgIpc) is 2.94. The molecule has 3 rings (SSSR count). The van der Waals surface area contributed by atoms with Crippen LogP contribution in [0.1, 0.15) is 22.3 Å². The minimum atomic E-state index is -4.45. The Morgan fingerprint density at radius 3 is 1.85 bits per heavy atom. The van der Waals surface area contributed by atoms with Crippen LogP contribution in [0.25, 0.3) is 0 Å². The fourth-order valence-electron chi connectivity index (χ4n) is 3.84. The first kappa shape index (κ1) is 31.0. The molecule has 9 nitrogen and oxygen atoms in total. The van der Waals surface area contributed by atoms with Crippen molar-refractivity contribution in [3.8, 4) is 5.75 Å². The van der Waals surface area contributed by atoms with Crippen LogP contribution in [0.2, 0.25) is 0 Å². The molecule has 0 unspecified atom stereocenters. The molecule has 0 bridgehead atoms. The van der Waals surface area contributed by atoms with Crippen molar-refractivity contribution in [2.45, 2.75) is 44.2 Å². The zero-order valence-electron chi connectivity index (χ0n) is 22.0. The number of halogens is 3. The lowest BCUT2D eigenvalue weighted by Gasteiger charge is -2.21. The standard InChI is InChI=1S/C29H31F3N4O5/c30-29(31,32)18-41-23-12-10-20(11-13-23)14-24(33)26(37)36-25(15-19-4-2-1-3-5-19)27(38)34-16-21-6-8-22(9-7-21)17-35-28(39)40/h1-13,24-25,35H,14-18,33H2,(H,34,38)(H,36,37)(H,39,40)/t24-,25-/m0/s1. The molecule has 0 fully saturated rings. The molecule has 218 valence electrons. The van der Waals surface area contributed by atoms with Crippen molar-refractivity contribution in [2.24, 2.45) is 5.73 Å². The van der Waals surface area contributed by atoms with Crippen molar-refractivity contribution in [2.75, 3.05) is 6.61 Å². The van der Waals surface area contributed by atoms with E-state index in [-0.39, 0.29) is 31.7 Å². The van der Waals surface area contributed by atoms with Gasteiger partial charge in [-0.05, 0) is 40.8 Å². The molecule has 0 spiro atoms. The largest absolute Gasteiger partial charge is 0.484 e. The summed E-state index contributed by atoms with van der Waals surface area (Å²) in [6, 6.07) is 20.0. The van der Waals surface area contributed by atoms with E-state index in [1.165, 1.54) is 24.3 Å². The molecular formula is C29H31F3N4O5. The molecular weight excluding hydrogens is 541 g/mol. The fourth-order valence-corrected chi connectivity index (χ4v) is 3.84. The minimum absolute atomic E-state index is 0.0373. The zero-order chi connectivity index (χ0) is 29.8. The van der Waals surface area contributed by atoms with E-state index < -0.39 is 42.8 Å². The van der Waals surface area contributed by atoms with Gasteiger partial charge in [-0.15, -0.1) is 0 Å². The number of amides is 3. The Morgan fingerprint density at radius 2 is 1.29 bits per heavy atom. The molecule has 3 aromatic carbocycles. The maximum Gasteiger partial charge on any atom is 0.422 e. The molecule has 0 heterocycles. The summed E-state index contributed by atoms with van der Waals surface area (Å²) in [4.78, 5) is 36.7. The van der Waals surface area contributed by atoms with Gasteiger partial charge in [0, 0.05) is 19.5 Å². The predicted molar refractivity (Wildman–Crippen MR) is 145 cm³/mol. The van der Waals surface area contributed by atoms with Gasteiger partial charge in [-0.1, -0.05) is 66.7 Å². The Balaban J connectivity index is 1.59. The second kappa shape index (κ2) is 14.7. The normalized spacial score (nSPS) is 12.6. The molecule has 0 radical (unpaired) electrons. The first-order valence-corrected chi connectivity index (χ1v) is 12.7. The lowest BCUT2D eigenvalue weighted by Crippen LogP contribution is -2.52. The number of rotatable bonds is 13. The fraction of sp³-hybridized carbons (Fsp3) is 0.276. The van der Waals surface area contributed by atoms with Gasteiger partial charge in [0.1, 0.15) is 11.8 Å². The molecule has 6 N–H and O–H groups in total. The van der Waals surface area contributed by atoms with E-state index >= 15 is 0 Å². The highest BCUT2D eigenvalue weighted by Crippen LogP contribution is 2.19. The second-order valence-corrected chi connectivity index (χ2v) is 9.30. The molecule has 0 saturated carbocycles. The highest BCUT2D eigenvalue weighted by atomic mass is 19.4. The number of alkyl halides is 3. The number of nitrogens with two attached hydrogens (primary N) is 1. The number of carboxylic acid groups (broad SMARTS) is 1. The number of carbonyl (C=O) groups is 3. The molecule has 41 heavy (non-hydrogen) atoms. The first-order chi connectivity index (χ1) is 19.5. The number of ether oxygens (including phenoxy) is 1. The summed E-state index contributed by atoms with van der Waals surface area (Å²) < 4.78 is 41.7. The number of benzene rings is 3. The van der Waals surface area contributed by atoms with Crippen LogP contribution in [-0.2, 0) is 35.5 Å². The maximum absolute atomic E-state index is 13.1. The van der Waals surface area contributed by atoms with Gasteiger partial charge in [0.15, 0.2) is 6.61 Å². The monoisotopic (exact) mass is 572 g/mol. The third kappa shape index (κ3) is 11.2. The van der Waals surface area contributed by atoms with Crippen molar-refractivity contribution in [3.63, 3.8) is 0 Å². The molecule has 0 aliphatic rings. The Morgan fingerprint density at radius 1 is 0.756 bits per heavy atom. The summed E-state index contributed by atoms with van der Waals surface area (Å²) in [6.45, 7) is -1.07. The maximum atomic E-state index is 13.1. The Labute approximate surface area is 234 Å². The number of carbonyl (C=O) groups excluding carboxylic acids is 2. The first-order valence-electron chi connectivity index (χ1n) is 12.7. The highest BCUT2D eigenvalue weighted by Gasteiger charge is 2.28. The summed E-state index contributed by atoms with van der Waals surface area (Å²) in [5, 5.41) is 16.5. The molecule has 2 atom stereocenters. The van der Waals surface area contributed by atoms with Crippen LogP contribution in [0.15, 0.2) is 78.9 Å². The Hall–Kier alpha value is -4.58. The van der Waals surface area contributed by atoms with Crippen LogP contribution < -0.4 is 26.4 Å². The van der Waals surface area contributed by atoms with Crippen LogP contribution in [0.3, 0.4) is 0 Å². The molecule has 12 heteroatoms. The van der Waals surface area contributed by atoms with Crippen LogP contribution in [-0.4, -0.2) is 47.9 Å². The summed E-state index contributed by atoms with van der Waals surface area (Å²) in [5.41, 5.74) is 9.07. The molecule has 0 aromatic heterocycles. The predicted octanol–water partition coefficient (Wildman–Crippen LogP) is 3.31. The van der Waals surface area contributed by atoms with E-state index in [4.69, 9.17) is 10.8 Å². The van der Waals surface area contributed by atoms with Gasteiger partial charge in [0.2, 0.25) is 11.8 Å². The minimum Gasteiger partial charge on any atom is -0.484 e. The van der Waals surface area contributed by atoms with E-state index in [2.05, 4.69) is 20.7 Å². The Bertz CT molecular complexity index is 1290. The number of hydrogen-bond acceptors (Lipinski definition) is 5. The topological polar surface area (TPSA) is 143 Å². The third-order valence-electron chi connectivity index (χ3n) is 5.97. The summed E-state index contributed by atoms with van der Waals surface area (Å²) in [6.07, 6.45) is -5.27. The zero-order valence-corrected chi connectivity index (χ0v) is 22.0. The highest BCUT2D eigenvalue weighted by molar-refractivity contribution is 5.90. The van der Waals surface area contributed by atoms with Gasteiger partial charge >= 0.3 is 12.3 Å². The summed E-state index contributed by atoms with van der Waals surface area (Å²) >= 11 is 0. The van der Waals surface area contributed by atoms with Crippen molar-refractivity contribution < 1.29 is 37.4 Å². The van der Waals surface area contributed by atoms with Crippen LogP contribution in [0.4, 0.5) is 18.0 Å². The molecule has 0 aliphatic carbocycles. The summed E-state index contributed by atoms with van der Waals surface area (Å²) in [5.74, 6) is -0.943. The smallest absolute Gasteiger partial charge is 0.422 e. The molecule has 0 saturated heterocycles. The number of nitrogens with one attached hydrogen (secondary N) is 3. The van der Waals surface area contributed by atoms with Crippen molar-refractivity contribution in [1.29, 1.82) is 0 Å². The van der Waals surface area contributed by atoms with Gasteiger partial charge < -0.3 is 31.5 Å². The van der Waals surface area contributed by atoms with E-state index in [1.807, 2.05) is 30.3 Å². The van der Waals surface area contributed by atoms with Crippen molar-refractivity contribution in [3.05, 3.63) is 101 Å². The van der Waals surface area contributed by atoms with Crippen molar-refractivity contribution in [1.82, 2.24) is 16.0 Å². The van der Waals surface area contributed by atoms with Gasteiger partial charge in [-0.2, -0.15) is 13.2 Å². The van der Waals surface area contributed by atoms with Gasteiger partial charge in [0.25, 0.3) is 0 Å². The SMILES string of the molecule is N[C@@H](Cc1ccc(OCC(F)(F)F)cc1)C(=O)N[C@@H](Cc1ccccc1)C(=O)NCc1ccc(CNC(=O)O)cc1. The summed E-state index contributed by atoms with van der Waals surface area (Å²) in [7, 11) is 0. The van der Waals surface area contributed by atoms with E-state index in [0.29, 0.717) is 5.56 Å². The lowest BCUT2D eigenvalue weighted by molar-refractivity contribution is -0.153. The van der Waals surface area contributed by atoms with Gasteiger partial charge in [-0.25, -0.2) is 4.79 Å². The van der Waals surface area contributed by atoms with Crippen LogP contribution >= 0.6 is 0 Å². The van der Waals surface area contributed by atoms with E-state index in [0.717, 1.165) is 16.7 Å². The van der Waals surface area contributed by atoms with Crippen LogP contribution in [0, 0.1) is 0 Å². The lowest BCUT2D eigenvalue weighted by atomic mass is 10.0. The molecule has 3 aromatic rings. The van der Waals surface area contributed by atoms with E-state index in [9.17, 15) is 27.6 Å². The average molecular weight is 573 g/mol. The quantitative estimate of drug-likeness (QED) is 0.213. The Kier molecular flexibility index (Phi) is 11.1.